The van der Waals surface area contributed by atoms with E-state index in [-0.39, 0.29) is 12.1 Å². The van der Waals surface area contributed by atoms with Gasteiger partial charge in [-0.2, -0.15) is 0 Å². The Balaban J connectivity index is 1.79. The predicted molar refractivity (Wildman–Crippen MR) is 103 cm³/mol. The number of amidine groups is 1. The van der Waals surface area contributed by atoms with Gasteiger partial charge in [-0.3, -0.25) is 9.98 Å². The zero-order valence-electron chi connectivity index (χ0n) is 14.8. The van der Waals surface area contributed by atoms with E-state index in [1.165, 1.54) is 10.7 Å². The highest BCUT2D eigenvalue weighted by atomic mass is 32.2. The standard InChI is InChI=1S/C20H23N3OS/c1-4-15-12-25-20-22-18(16-7-5-6-10-21-16)19(23(15)20)14-8-9-17(24-3)13(2)11-14/h5-11,15,18-19H,4,12H2,1-3H3. The number of aromatic nitrogens is 1. The summed E-state index contributed by atoms with van der Waals surface area (Å²) in [5.74, 6) is 2.05. The number of hydrogen-bond acceptors (Lipinski definition) is 5. The average Bonchev–Trinajstić information content (AvgIpc) is 3.21. The second-order valence-electron chi connectivity index (χ2n) is 6.57. The molecule has 0 N–H and O–H groups in total. The molecule has 0 amide bonds. The lowest BCUT2D eigenvalue weighted by Gasteiger charge is -2.32. The van der Waals surface area contributed by atoms with Gasteiger partial charge < -0.3 is 9.64 Å². The molecule has 1 saturated heterocycles. The third-order valence-electron chi connectivity index (χ3n) is 5.09. The normalized spacial score (nSPS) is 25.0. The molecule has 3 atom stereocenters. The van der Waals surface area contributed by atoms with Gasteiger partial charge in [-0.15, -0.1) is 0 Å². The molecule has 0 saturated carbocycles. The van der Waals surface area contributed by atoms with E-state index < -0.39 is 0 Å². The van der Waals surface area contributed by atoms with Gasteiger partial charge in [-0.25, -0.2) is 0 Å². The fraction of sp³-hybridized carbons (Fsp3) is 0.400. The minimum atomic E-state index is 0.0471. The fourth-order valence-electron chi connectivity index (χ4n) is 3.80. The van der Waals surface area contributed by atoms with Crippen LogP contribution in [-0.2, 0) is 0 Å². The van der Waals surface area contributed by atoms with Gasteiger partial charge in [-0.1, -0.05) is 36.9 Å². The van der Waals surface area contributed by atoms with Crippen molar-refractivity contribution in [2.45, 2.75) is 38.4 Å². The second kappa shape index (κ2) is 6.71. The van der Waals surface area contributed by atoms with Gasteiger partial charge in [0.05, 0.1) is 18.8 Å². The van der Waals surface area contributed by atoms with Gasteiger partial charge >= 0.3 is 0 Å². The molecule has 0 spiro atoms. The van der Waals surface area contributed by atoms with Gasteiger partial charge in [-0.05, 0) is 42.7 Å². The molecule has 1 fully saturated rings. The maximum Gasteiger partial charge on any atom is 0.160 e. The van der Waals surface area contributed by atoms with Crippen LogP contribution in [0.4, 0.5) is 0 Å². The van der Waals surface area contributed by atoms with Crippen LogP contribution < -0.4 is 4.74 Å². The summed E-state index contributed by atoms with van der Waals surface area (Å²) in [6, 6.07) is 13.4. The topological polar surface area (TPSA) is 37.7 Å². The van der Waals surface area contributed by atoms with Crippen LogP contribution in [0.5, 0.6) is 5.75 Å². The molecular formula is C20H23N3OS. The molecule has 25 heavy (non-hydrogen) atoms. The second-order valence-corrected chi connectivity index (χ2v) is 7.55. The SMILES string of the molecule is CCC1CSC2=NC(c3ccccn3)C(c3ccc(OC)c(C)c3)N21. The molecule has 5 heteroatoms. The third-order valence-corrected chi connectivity index (χ3v) is 6.22. The van der Waals surface area contributed by atoms with Crippen molar-refractivity contribution in [3.8, 4) is 5.75 Å². The smallest absolute Gasteiger partial charge is 0.160 e. The number of fused-ring (bicyclic) bond motifs is 1. The van der Waals surface area contributed by atoms with Crippen LogP contribution in [-0.4, -0.2) is 34.0 Å². The number of aryl methyl sites for hydroxylation is 1. The quantitative estimate of drug-likeness (QED) is 0.818. The Morgan fingerprint density at radius 1 is 1.28 bits per heavy atom. The van der Waals surface area contributed by atoms with Crippen LogP contribution in [0.2, 0.25) is 0 Å². The van der Waals surface area contributed by atoms with Gasteiger partial charge in [0.1, 0.15) is 11.8 Å². The summed E-state index contributed by atoms with van der Waals surface area (Å²) in [6.45, 7) is 4.36. The van der Waals surface area contributed by atoms with E-state index >= 15 is 0 Å². The molecule has 4 nitrogen and oxygen atoms in total. The average molecular weight is 353 g/mol. The maximum absolute atomic E-state index is 5.44. The summed E-state index contributed by atoms with van der Waals surface area (Å²) >= 11 is 1.88. The summed E-state index contributed by atoms with van der Waals surface area (Å²) < 4.78 is 5.44. The van der Waals surface area contributed by atoms with Gasteiger partial charge in [0.2, 0.25) is 0 Å². The van der Waals surface area contributed by atoms with Crippen molar-refractivity contribution < 1.29 is 4.74 Å². The summed E-state index contributed by atoms with van der Waals surface area (Å²) in [4.78, 5) is 12.2. The van der Waals surface area contributed by atoms with Crippen LogP contribution >= 0.6 is 11.8 Å². The number of aliphatic imine (C=N–C) groups is 1. The first-order valence-electron chi connectivity index (χ1n) is 8.77. The predicted octanol–water partition coefficient (Wildman–Crippen LogP) is 4.38. The van der Waals surface area contributed by atoms with Crippen LogP contribution in [0, 0.1) is 6.92 Å². The molecule has 1 aromatic heterocycles. The van der Waals surface area contributed by atoms with E-state index in [1.54, 1.807) is 7.11 Å². The lowest BCUT2D eigenvalue weighted by molar-refractivity contribution is 0.255. The van der Waals surface area contributed by atoms with E-state index in [0.29, 0.717) is 6.04 Å². The lowest BCUT2D eigenvalue weighted by atomic mass is 9.94. The zero-order valence-corrected chi connectivity index (χ0v) is 15.7. The van der Waals surface area contributed by atoms with Crippen molar-refractivity contribution in [2.75, 3.05) is 12.9 Å². The first-order valence-corrected chi connectivity index (χ1v) is 9.76. The summed E-state index contributed by atoms with van der Waals surface area (Å²) in [7, 11) is 1.72. The van der Waals surface area contributed by atoms with Crippen LogP contribution in [0.15, 0.2) is 47.6 Å². The number of pyridine rings is 1. The molecule has 3 heterocycles. The van der Waals surface area contributed by atoms with E-state index in [2.05, 4.69) is 48.0 Å². The van der Waals surface area contributed by atoms with E-state index in [1.807, 2.05) is 30.1 Å². The van der Waals surface area contributed by atoms with Crippen LogP contribution in [0.3, 0.4) is 0 Å². The highest BCUT2D eigenvalue weighted by molar-refractivity contribution is 8.14. The van der Waals surface area contributed by atoms with Crippen molar-refractivity contribution in [1.29, 1.82) is 0 Å². The molecule has 4 rings (SSSR count). The number of hydrogen-bond donors (Lipinski definition) is 0. The Bertz CT molecular complexity index is 793. The number of ether oxygens (including phenoxy) is 1. The van der Waals surface area contributed by atoms with Crippen molar-refractivity contribution in [3.63, 3.8) is 0 Å². The lowest BCUT2D eigenvalue weighted by Crippen LogP contribution is -2.35. The molecule has 1 aromatic carbocycles. The molecule has 2 aliphatic rings. The van der Waals surface area contributed by atoms with Gasteiger partial charge in [0.25, 0.3) is 0 Å². The molecule has 2 aliphatic heterocycles. The van der Waals surface area contributed by atoms with Crippen molar-refractivity contribution in [3.05, 3.63) is 59.4 Å². The highest BCUT2D eigenvalue weighted by Crippen LogP contribution is 2.48. The molecule has 130 valence electrons. The minimum Gasteiger partial charge on any atom is -0.496 e. The zero-order chi connectivity index (χ0) is 17.4. The molecule has 2 aromatic rings. The first-order chi connectivity index (χ1) is 12.2. The number of benzene rings is 1. The first kappa shape index (κ1) is 16.5. The fourth-order valence-corrected chi connectivity index (χ4v) is 5.13. The maximum atomic E-state index is 5.44. The number of thioether (sulfide) groups is 1. The Labute approximate surface area is 153 Å². The summed E-state index contributed by atoms with van der Waals surface area (Å²) in [5, 5.41) is 1.17. The third kappa shape index (κ3) is 2.80. The molecule has 0 aliphatic carbocycles. The van der Waals surface area contributed by atoms with E-state index in [4.69, 9.17) is 9.73 Å². The minimum absolute atomic E-state index is 0.0471. The number of nitrogens with zero attached hydrogens (tertiary/aromatic N) is 3. The van der Waals surface area contributed by atoms with E-state index in [9.17, 15) is 0 Å². The Morgan fingerprint density at radius 2 is 2.16 bits per heavy atom. The largest absolute Gasteiger partial charge is 0.496 e. The monoisotopic (exact) mass is 353 g/mol. The van der Waals surface area contributed by atoms with E-state index in [0.717, 1.165) is 29.2 Å². The Kier molecular flexibility index (Phi) is 4.42. The Morgan fingerprint density at radius 3 is 2.84 bits per heavy atom. The molecule has 0 radical (unpaired) electrons. The molecule has 3 unspecified atom stereocenters. The van der Waals surface area contributed by atoms with Crippen LogP contribution in [0.25, 0.3) is 0 Å². The molecule has 0 bridgehead atoms. The number of rotatable bonds is 4. The van der Waals surface area contributed by atoms with Crippen molar-refractivity contribution in [2.24, 2.45) is 4.99 Å². The van der Waals surface area contributed by atoms with Crippen LogP contribution in [0.1, 0.15) is 42.2 Å². The van der Waals surface area contributed by atoms with Crippen molar-refractivity contribution in [1.82, 2.24) is 9.88 Å². The van der Waals surface area contributed by atoms with Gasteiger partial charge in [0.15, 0.2) is 5.17 Å². The van der Waals surface area contributed by atoms with Crippen molar-refractivity contribution >= 4 is 16.9 Å². The highest BCUT2D eigenvalue weighted by Gasteiger charge is 2.45. The Hall–Kier alpha value is -2.01. The molecular weight excluding hydrogens is 330 g/mol. The summed E-state index contributed by atoms with van der Waals surface area (Å²) in [6.07, 6.45) is 2.99. The number of methoxy groups -OCH3 is 1. The van der Waals surface area contributed by atoms with Gasteiger partial charge in [0, 0.05) is 18.0 Å². The summed E-state index contributed by atoms with van der Waals surface area (Å²) in [5.41, 5.74) is 3.49.